The fraction of sp³-hybridized carbons (Fsp3) is 0.529. The zero-order chi connectivity index (χ0) is 16.7. The number of nitrogens with one attached hydrogen (secondary N) is 1. The van der Waals surface area contributed by atoms with Crippen LogP contribution in [0.5, 0.6) is 5.75 Å². The van der Waals surface area contributed by atoms with Crippen molar-refractivity contribution in [1.29, 1.82) is 0 Å². The summed E-state index contributed by atoms with van der Waals surface area (Å²) in [6, 6.07) is 7.65. The van der Waals surface area contributed by atoms with Crippen molar-refractivity contribution in [3.63, 3.8) is 0 Å². The summed E-state index contributed by atoms with van der Waals surface area (Å²) in [6.07, 6.45) is 0. The highest BCUT2D eigenvalue weighted by atomic mass is 16.5. The van der Waals surface area contributed by atoms with Gasteiger partial charge in [-0.3, -0.25) is 14.5 Å². The SMILES string of the molecule is CCNC(=O)CN1CCN(C(=O)COc2ccc(C)cc2)CC1. The highest BCUT2D eigenvalue weighted by Crippen LogP contribution is 2.11. The van der Waals surface area contributed by atoms with E-state index in [1.807, 2.05) is 38.1 Å². The minimum absolute atomic E-state index is 0.0109. The molecule has 1 heterocycles. The van der Waals surface area contributed by atoms with Crippen LogP contribution in [-0.2, 0) is 9.59 Å². The number of amides is 2. The third kappa shape index (κ3) is 5.56. The average molecular weight is 319 g/mol. The first kappa shape index (κ1) is 17.3. The maximum absolute atomic E-state index is 12.2. The number of likely N-dealkylation sites (N-methyl/N-ethyl adjacent to an activating group) is 1. The molecule has 0 radical (unpaired) electrons. The Hall–Kier alpha value is -2.08. The van der Waals surface area contributed by atoms with Gasteiger partial charge >= 0.3 is 0 Å². The molecule has 0 aliphatic carbocycles. The Morgan fingerprint density at radius 3 is 2.39 bits per heavy atom. The molecule has 1 aromatic carbocycles. The lowest BCUT2D eigenvalue weighted by Gasteiger charge is -2.34. The van der Waals surface area contributed by atoms with E-state index in [-0.39, 0.29) is 18.4 Å². The number of ether oxygens (including phenoxy) is 1. The van der Waals surface area contributed by atoms with Gasteiger partial charge in [-0.2, -0.15) is 0 Å². The second-order valence-corrected chi connectivity index (χ2v) is 5.71. The van der Waals surface area contributed by atoms with Crippen molar-refractivity contribution in [2.75, 3.05) is 45.9 Å². The third-order valence-corrected chi connectivity index (χ3v) is 3.85. The van der Waals surface area contributed by atoms with Crippen LogP contribution in [0.4, 0.5) is 0 Å². The smallest absolute Gasteiger partial charge is 0.260 e. The highest BCUT2D eigenvalue weighted by Gasteiger charge is 2.22. The predicted molar refractivity (Wildman–Crippen MR) is 88.4 cm³/mol. The normalized spacial score (nSPS) is 15.3. The highest BCUT2D eigenvalue weighted by molar-refractivity contribution is 5.79. The summed E-state index contributed by atoms with van der Waals surface area (Å²) in [6.45, 7) is 7.71. The number of nitrogens with zero attached hydrogens (tertiary/aromatic N) is 2. The number of carbonyl (C=O) groups is 2. The Morgan fingerprint density at radius 1 is 1.13 bits per heavy atom. The van der Waals surface area contributed by atoms with E-state index in [9.17, 15) is 9.59 Å². The quantitative estimate of drug-likeness (QED) is 0.836. The van der Waals surface area contributed by atoms with Gasteiger partial charge in [0.05, 0.1) is 6.54 Å². The van der Waals surface area contributed by atoms with E-state index in [1.54, 1.807) is 4.90 Å². The van der Waals surface area contributed by atoms with Crippen molar-refractivity contribution in [3.8, 4) is 5.75 Å². The lowest BCUT2D eigenvalue weighted by molar-refractivity contribution is -0.135. The van der Waals surface area contributed by atoms with E-state index in [1.165, 1.54) is 0 Å². The summed E-state index contributed by atoms with van der Waals surface area (Å²) in [5.74, 6) is 0.733. The Labute approximate surface area is 137 Å². The molecule has 0 aromatic heterocycles. The van der Waals surface area contributed by atoms with Crippen molar-refractivity contribution in [3.05, 3.63) is 29.8 Å². The van der Waals surface area contributed by atoms with Crippen molar-refractivity contribution in [2.24, 2.45) is 0 Å². The minimum Gasteiger partial charge on any atom is -0.484 e. The molecule has 23 heavy (non-hydrogen) atoms. The minimum atomic E-state index is -0.0109. The van der Waals surface area contributed by atoms with Gasteiger partial charge in [0.15, 0.2) is 6.61 Å². The monoisotopic (exact) mass is 319 g/mol. The number of aryl methyl sites for hydroxylation is 1. The molecule has 1 aliphatic heterocycles. The van der Waals surface area contributed by atoms with Crippen LogP contribution in [0.1, 0.15) is 12.5 Å². The lowest BCUT2D eigenvalue weighted by Crippen LogP contribution is -2.52. The van der Waals surface area contributed by atoms with Gasteiger partial charge in [0, 0.05) is 32.7 Å². The molecule has 2 rings (SSSR count). The second kappa shape index (κ2) is 8.53. The molecule has 1 fully saturated rings. The maximum Gasteiger partial charge on any atom is 0.260 e. The molecule has 1 saturated heterocycles. The van der Waals surface area contributed by atoms with E-state index in [0.717, 1.165) is 5.56 Å². The molecule has 126 valence electrons. The fourth-order valence-corrected chi connectivity index (χ4v) is 2.48. The van der Waals surface area contributed by atoms with Gasteiger partial charge in [0.2, 0.25) is 5.91 Å². The van der Waals surface area contributed by atoms with Crippen molar-refractivity contribution >= 4 is 11.8 Å². The Kier molecular flexibility index (Phi) is 6.40. The first-order valence-electron chi connectivity index (χ1n) is 8.04. The number of carbonyl (C=O) groups excluding carboxylic acids is 2. The molecular formula is C17H25N3O3. The number of hydrogen-bond acceptors (Lipinski definition) is 4. The van der Waals surface area contributed by atoms with Crippen LogP contribution in [0, 0.1) is 6.92 Å². The third-order valence-electron chi connectivity index (χ3n) is 3.85. The molecule has 1 aliphatic rings. The van der Waals surface area contributed by atoms with Crippen LogP contribution < -0.4 is 10.1 Å². The van der Waals surface area contributed by atoms with E-state index in [2.05, 4.69) is 10.2 Å². The Balaban J connectivity index is 1.71. The molecule has 1 N–H and O–H groups in total. The van der Waals surface area contributed by atoms with Crippen LogP contribution in [0.25, 0.3) is 0 Å². The molecule has 0 spiro atoms. The van der Waals surface area contributed by atoms with Crippen molar-refractivity contribution < 1.29 is 14.3 Å². The van der Waals surface area contributed by atoms with Gasteiger partial charge in [0.1, 0.15) is 5.75 Å². The number of piperazine rings is 1. The topological polar surface area (TPSA) is 61.9 Å². The number of hydrogen-bond donors (Lipinski definition) is 1. The average Bonchev–Trinajstić information content (AvgIpc) is 2.55. The molecule has 6 heteroatoms. The molecule has 0 atom stereocenters. The van der Waals surface area contributed by atoms with Crippen molar-refractivity contribution in [2.45, 2.75) is 13.8 Å². The molecule has 1 aromatic rings. The van der Waals surface area contributed by atoms with Crippen LogP contribution in [0.15, 0.2) is 24.3 Å². The number of rotatable bonds is 6. The molecule has 0 unspecified atom stereocenters. The lowest BCUT2D eigenvalue weighted by atomic mass is 10.2. The van der Waals surface area contributed by atoms with E-state index < -0.39 is 0 Å². The van der Waals surface area contributed by atoms with Gasteiger partial charge in [0.25, 0.3) is 5.91 Å². The Morgan fingerprint density at radius 2 is 1.78 bits per heavy atom. The first-order valence-corrected chi connectivity index (χ1v) is 8.04. The van der Waals surface area contributed by atoms with Crippen LogP contribution in [0.2, 0.25) is 0 Å². The summed E-state index contributed by atoms with van der Waals surface area (Å²) in [7, 11) is 0. The molecule has 0 saturated carbocycles. The molecular weight excluding hydrogens is 294 g/mol. The van der Waals surface area contributed by atoms with E-state index >= 15 is 0 Å². The van der Waals surface area contributed by atoms with Crippen LogP contribution in [-0.4, -0.2) is 67.5 Å². The summed E-state index contributed by atoms with van der Waals surface area (Å²) >= 11 is 0. The number of benzene rings is 1. The largest absolute Gasteiger partial charge is 0.484 e. The maximum atomic E-state index is 12.2. The zero-order valence-corrected chi connectivity index (χ0v) is 13.9. The van der Waals surface area contributed by atoms with Gasteiger partial charge in [-0.05, 0) is 26.0 Å². The molecule has 2 amide bonds. The summed E-state index contributed by atoms with van der Waals surface area (Å²) in [4.78, 5) is 27.6. The van der Waals surface area contributed by atoms with Gasteiger partial charge in [-0.15, -0.1) is 0 Å². The van der Waals surface area contributed by atoms with Crippen molar-refractivity contribution in [1.82, 2.24) is 15.1 Å². The Bertz CT molecular complexity index is 522. The standard InChI is InChI=1S/C17H25N3O3/c1-3-18-16(21)12-19-8-10-20(11-9-19)17(22)13-23-15-6-4-14(2)5-7-15/h4-7H,3,8-13H2,1-2H3,(H,18,21). The molecule has 6 nitrogen and oxygen atoms in total. The summed E-state index contributed by atoms with van der Waals surface area (Å²) in [5.41, 5.74) is 1.16. The van der Waals surface area contributed by atoms with Gasteiger partial charge in [-0.1, -0.05) is 17.7 Å². The summed E-state index contributed by atoms with van der Waals surface area (Å²) < 4.78 is 5.53. The fourth-order valence-electron chi connectivity index (χ4n) is 2.48. The van der Waals surface area contributed by atoms with E-state index in [4.69, 9.17) is 4.74 Å². The van der Waals surface area contributed by atoms with Crippen LogP contribution >= 0.6 is 0 Å². The van der Waals surface area contributed by atoms with Gasteiger partial charge in [-0.25, -0.2) is 0 Å². The van der Waals surface area contributed by atoms with E-state index in [0.29, 0.717) is 45.0 Å². The first-order chi connectivity index (χ1) is 11.1. The predicted octanol–water partition coefficient (Wildman–Crippen LogP) is 0.654. The summed E-state index contributed by atoms with van der Waals surface area (Å²) in [5, 5.41) is 2.79. The zero-order valence-electron chi connectivity index (χ0n) is 13.9. The van der Waals surface area contributed by atoms with Gasteiger partial charge < -0.3 is 15.0 Å². The van der Waals surface area contributed by atoms with Crippen LogP contribution in [0.3, 0.4) is 0 Å². The second-order valence-electron chi connectivity index (χ2n) is 5.71. The molecule has 0 bridgehead atoms.